The number of hydrogen-bond acceptors (Lipinski definition) is 4. The predicted molar refractivity (Wildman–Crippen MR) is 110 cm³/mol. The molecule has 2 saturated heterocycles. The quantitative estimate of drug-likeness (QED) is 0.765. The van der Waals surface area contributed by atoms with Crippen LogP contribution < -0.4 is 5.32 Å². The number of halogens is 3. The number of hydrogen-bond donors (Lipinski definition) is 1. The van der Waals surface area contributed by atoms with Crippen molar-refractivity contribution in [3.8, 4) is 11.1 Å². The molecule has 0 saturated carbocycles. The largest absolute Gasteiger partial charge is 0.416 e. The molecule has 0 aliphatic carbocycles. The Morgan fingerprint density at radius 2 is 1.83 bits per heavy atom. The molecule has 162 valence electrons. The molecule has 2 aromatic rings. The summed E-state index contributed by atoms with van der Waals surface area (Å²) >= 11 is 0. The maximum absolute atomic E-state index is 12.9. The number of aromatic nitrogens is 1. The maximum Gasteiger partial charge on any atom is 0.416 e. The van der Waals surface area contributed by atoms with Gasteiger partial charge < -0.3 is 4.74 Å². The molecule has 1 unspecified atom stereocenters. The molecule has 30 heavy (non-hydrogen) atoms. The van der Waals surface area contributed by atoms with Crippen LogP contribution in [-0.2, 0) is 10.9 Å². The lowest BCUT2D eigenvalue weighted by Gasteiger charge is -2.45. The molecule has 0 bridgehead atoms. The van der Waals surface area contributed by atoms with Crippen molar-refractivity contribution in [1.29, 1.82) is 0 Å². The predicted octanol–water partition coefficient (Wildman–Crippen LogP) is 4.94. The number of alkyl halides is 3. The number of ether oxygens (including phenoxy) is 1. The SMILES string of the molecule is COC1(C)NCC[C@]12CC[C@H](c1cc(-c3ccc(C(F)(F)F)cc3)cc(C)n1)N2C. The van der Waals surface area contributed by atoms with Crippen LogP contribution in [-0.4, -0.2) is 41.9 Å². The average molecular weight is 419 g/mol. The lowest BCUT2D eigenvalue weighted by atomic mass is 9.85. The highest BCUT2D eigenvalue weighted by atomic mass is 19.4. The van der Waals surface area contributed by atoms with Gasteiger partial charge in [0.15, 0.2) is 0 Å². The number of nitrogens with one attached hydrogen (secondary N) is 1. The molecule has 3 heterocycles. The number of rotatable bonds is 3. The van der Waals surface area contributed by atoms with Gasteiger partial charge >= 0.3 is 6.18 Å². The molecule has 0 radical (unpaired) electrons. The highest BCUT2D eigenvalue weighted by Crippen LogP contribution is 2.51. The average Bonchev–Trinajstić information content (AvgIpc) is 3.22. The van der Waals surface area contributed by atoms with Crippen molar-refractivity contribution < 1.29 is 17.9 Å². The van der Waals surface area contributed by atoms with Gasteiger partial charge in [0.2, 0.25) is 0 Å². The first-order chi connectivity index (χ1) is 14.1. The topological polar surface area (TPSA) is 37.4 Å². The minimum absolute atomic E-state index is 0.105. The van der Waals surface area contributed by atoms with Crippen LogP contribution in [0.15, 0.2) is 36.4 Å². The minimum atomic E-state index is -4.33. The molecule has 2 fully saturated rings. The molecule has 7 heteroatoms. The zero-order valence-corrected chi connectivity index (χ0v) is 17.8. The van der Waals surface area contributed by atoms with Crippen molar-refractivity contribution in [1.82, 2.24) is 15.2 Å². The van der Waals surface area contributed by atoms with Gasteiger partial charge in [0.1, 0.15) is 5.72 Å². The van der Waals surface area contributed by atoms with Crippen LogP contribution in [0.25, 0.3) is 11.1 Å². The summed E-state index contributed by atoms with van der Waals surface area (Å²) in [5, 5.41) is 3.51. The van der Waals surface area contributed by atoms with E-state index < -0.39 is 17.5 Å². The number of aryl methyl sites for hydroxylation is 1. The van der Waals surface area contributed by atoms with Gasteiger partial charge in [0, 0.05) is 12.8 Å². The fraction of sp³-hybridized carbons (Fsp3) is 0.522. The number of likely N-dealkylation sites (tertiary alicyclic amines) is 1. The van der Waals surface area contributed by atoms with Crippen LogP contribution in [0.2, 0.25) is 0 Å². The fourth-order valence-electron chi connectivity index (χ4n) is 5.32. The third-order valence-electron chi connectivity index (χ3n) is 7.13. The second-order valence-electron chi connectivity index (χ2n) is 8.61. The Kier molecular flexibility index (Phi) is 5.19. The smallest absolute Gasteiger partial charge is 0.362 e. The molecule has 1 spiro atoms. The van der Waals surface area contributed by atoms with Gasteiger partial charge in [-0.2, -0.15) is 13.2 Å². The molecule has 1 aromatic carbocycles. The number of likely N-dealkylation sites (N-methyl/N-ethyl adjacent to an activating group) is 1. The zero-order valence-electron chi connectivity index (χ0n) is 17.8. The maximum atomic E-state index is 12.9. The summed E-state index contributed by atoms with van der Waals surface area (Å²) < 4.78 is 44.6. The normalized spacial score (nSPS) is 29.8. The number of pyridine rings is 1. The Labute approximate surface area is 175 Å². The van der Waals surface area contributed by atoms with E-state index in [2.05, 4.69) is 24.2 Å². The van der Waals surface area contributed by atoms with Crippen molar-refractivity contribution in [2.24, 2.45) is 0 Å². The molecular formula is C23H28F3N3O. The van der Waals surface area contributed by atoms with Crippen LogP contribution in [0.5, 0.6) is 0 Å². The monoisotopic (exact) mass is 419 g/mol. The molecule has 1 aromatic heterocycles. The lowest BCUT2D eigenvalue weighted by molar-refractivity contribution is -0.137. The molecule has 3 atom stereocenters. The first kappa shape index (κ1) is 21.3. The summed E-state index contributed by atoms with van der Waals surface area (Å²) in [6, 6.07) is 9.40. The molecule has 4 nitrogen and oxygen atoms in total. The zero-order chi connectivity index (χ0) is 21.7. The third-order valence-corrected chi connectivity index (χ3v) is 7.13. The fourth-order valence-corrected chi connectivity index (χ4v) is 5.32. The summed E-state index contributed by atoms with van der Waals surface area (Å²) in [6.07, 6.45) is -1.37. The van der Waals surface area contributed by atoms with Gasteiger partial charge in [-0.15, -0.1) is 0 Å². The van der Waals surface area contributed by atoms with Crippen LogP contribution in [0.3, 0.4) is 0 Å². The summed E-state index contributed by atoms with van der Waals surface area (Å²) in [5.74, 6) is 0. The van der Waals surface area contributed by atoms with Gasteiger partial charge in [0.05, 0.1) is 22.8 Å². The summed E-state index contributed by atoms with van der Waals surface area (Å²) in [5.41, 5.74) is 2.30. The van der Waals surface area contributed by atoms with Crippen molar-refractivity contribution in [2.45, 2.75) is 56.6 Å². The van der Waals surface area contributed by atoms with E-state index in [1.54, 1.807) is 7.11 Å². The van der Waals surface area contributed by atoms with Gasteiger partial charge in [-0.1, -0.05) is 12.1 Å². The van der Waals surface area contributed by atoms with Crippen molar-refractivity contribution in [2.75, 3.05) is 20.7 Å². The van der Waals surface area contributed by atoms with E-state index in [1.165, 1.54) is 12.1 Å². The van der Waals surface area contributed by atoms with E-state index in [0.29, 0.717) is 0 Å². The highest BCUT2D eigenvalue weighted by molar-refractivity contribution is 5.64. The van der Waals surface area contributed by atoms with Crippen molar-refractivity contribution in [3.63, 3.8) is 0 Å². The Balaban J connectivity index is 1.66. The van der Waals surface area contributed by atoms with Crippen molar-refractivity contribution in [3.05, 3.63) is 53.3 Å². The van der Waals surface area contributed by atoms with Gasteiger partial charge in [0.25, 0.3) is 0 Å². The Morgan fingerprint density at radius 3 is 2.47 bits per heavy atom. The summed E-state index contributed by atoms with van der Waals surface area (Å²) in [4.78, 5) is 7.18. The minimum Gasteiger partial charge on any atom is -0.362 e. The second kappa shape index (κ2) is 7.32. The van der Waals surface area contributed by atoms with E-state index in [-0.39, 0.29) is 11.6 Å². The van der Waals surface area contributed by atoms with E-state index >= 15 is 0 Å². The highest BCUT2D eigenvalue weighted by Gasteiger charge is 2.59. The third kappa shape index (κ3) is 3.33. The lowest BCUT2D eigenvalue weighted by Crippen LogP contribution is -2.61. The number of methoxy groups -OCH3 is 1. The Bertz CT molecular complexity index is 930. The molecule has 0 amide bonds. The van der Waals surface area contributed by atoms with E-state index in [9.17, 15) is 13.2 Å². The molecule has 2 aliphatic rings. The van der Waals surface area contributed by atoms with Crippen LogP contribution in [0.4, 0.5) is 13.2 Å². The van der Waals surface area contributed by atoms with E-state index in [4.69, 9.17) is 9.72 Å². The second-order valence-corrected chi connectivity index (χ2v) is 8.61. The number of nitrogens with zero attached hydrogens (tertiary/aromatic N) is 2. The molecule has 2 aliphatic heterocycles. The molecular weight excluding hydrogens is 391 g/mol. The van der Waals surface area contributed by atoms with Gasteiger partial charge in [-0.25, -0.2) is 0 Å². The summed E-state index contributed by atoms with van der Waals surface area (Å²) in [6.45, 7) is 4.94. The van der Waals surface area contributed by atoms with E-state index in [0.717, 1.165) is 60.5 Å². The Morgan fingerprint density at radius 1 is 1.13 bits per heavy atom. The first-order valence-electron chi connectivity index (χ1n) is 10.3. The van der Waals surface area contributed by atoms with Gasteiger partial charge in [-0.3, -0.25) is 15.2 Å². The van der Waals surface area contributed by atoms with Crippen LogP contribution >= 0.6 is 0 Å². The Hall–Kier alpha value is -1.96. The van der Waals surface area contributed by atoms with Crippen molar-refractivity contribution >= 4 is 0 Å². The standard InChI is InChI=1S/C23H28F3N3O/c1-15-13-17(16-5-7-18(8-6-16)23(24,25)26)14-19(28-15)20-9-10-22(29(20)3)11-12-27-21(22,2)30-4/h5-8,13-14,20,27H,9-12H2,1-4H3/t20-,21?,22-/m1/s1. The first-order valence-corrected chi connectivity index (χ1v) is 10.3. The van der Waals surface area contributed by atoms with Crippen LogP contribution in [0.1, 0.15) is 49.2 Å². The molecule has 4 rings (SSSR count). The molecule has 1 N–H and O–H groups in total. The van der Waals surface area contributed by atoms with Gasteiger partial charge in [-0.05, 0) is 82.1 Å². The van der Waals surface area contributed by atoms with E-state index in [1.807, 2.05) is 19.1 Å². The van der Waals surface area contributed by atoms with Crippen LogP contribution in [0, 0.1) is 6.92 Å². The summed E-state index contributed by atoms with van der Waals surface area (Å²) in [7, 11) is 3.87. The number of benzene rings is 1.